The van der Waals surface area contributed by atoms with Crippen LogP contribution in [0.2, 0.25) is 0 Å². The molecule has 0 bridgehead atoms. The van der Waals surface area contributed by atoms with Crippen molar-refractivity contribution < 1.29 is 15.0 Å². The molecule has 0 aromatic heterocycles. The first-order valence-corrected chi connectivity index (χ1v) is 2.60. The van der Waals surface area contributed by atoms with E-state index in [0.29, 0.717) is 0 Å². The van der Waals surface area contributed by atoms with Crippen molar-refractivity contribution in [2.45, 2.75) is 11.8 Å². The quantitative estimate of drug-likeness (QED) is 0.543. The van der Waals surface area contributed by atoms with E-state index in [1.807, 2.05) is 0 Å². The molecule has 0 saturated heterocycles. The summed E-state index contributed by atoms with van der Waals surface area (Å²) in [5.74, 6) is -1.08. The number of carboxylic acids is 1. The summed E-state index contributed by atoms with van der Waals surface area (Å²) < 4.78 is 0. The van der Waals surface area contributed by atoms with E-state index in [1.165, 1.54) is 0 Å². The lowest BCUT2D eigenvalue weighted by atomic mass is 10.3. The molecule has 0 radical (unpaired) electrons. The van der Waals surface area contributed by atoms with Crippen molar-refractivity contribution in [3.8, 4) is 0 Å². The minimum Gasteiger partial charge on any atom is -0.480 e. The van der Waals surface area contributed by atoms with E-state index in [4.69, 9.17) is 21.8 Å². The van der Waals surface area contributed by atoms with Crippen molar-refractivity contribution in [3.63, 3.8) is 0 Å². The van der Waals surface area contributed by atoms with Gasteiger partial charge in [-0.3, -0.25) is 4.79 Å². The van der Waals surface area contributed by atoms with Crippen LogP contribution in [0.25, 0.3) is 0 Å². The van der Waals surface area contributed by atoms with E-state index in [1.54, 1.807) is 0 Å². The Hall–Kier alpha value is -0.280. The zero-order chi connectivity index (χ0) is 6.57. The molecular formula is C4H7ClO3. The summed E-state index contributed by atoms with van der Waals surface area (Å²) >= 11 is 5.16. The molecule has 0 fully saturated rings. The number of rotatable bonds is 3. The number of carboxylic acid groups (broad SMARTS) is 1. The highest BCUT2D eigenvalue weighted by Crippen LogP contribution is 1.99. The molecule has 4 heteroatoms. The molecule has 0 aromatic carbocycles. The molecule has 0 spiro atoms. The first kappa shape index (κ1) is 7.72. The first-order valence-electron chi connectivity index (χ1n) is 2.16. The van der Waals surface area contributed by atoms with Gasteiger partial charge in [-0.2, -0.15) is 0 Å². The third kappa shape index (κ3) is 2.82. The molecule has 0 rings (SSSR count). The largest absolute Gasteiger partial charge is 0.480 e. The summed E-state index contributed by atoms with van der Waals surface area (Å²) in [5, 5.41) is 15.3. The fourth-order valence-corrected chi connectivity index (χ4v) is 0.334. The van der Waals surface area contributed by atoms with Gasteiger partial charge in [-0.15, -0.1) is 11.6 Å². The minimum atomic E-state index is -1.08. The molecule has 0 aliphatic heterocycles. The zero-order valence-corrected chi connectivity index (χ0v) is 4.93. The molecule has 48 valence electrons. The van der Waals surface area contributed by atoms with Gasteiger partial charge in [0.1, 0.15) is 5.38 Å². The van der Waals surface area contributed by atoms with Crippen LogP contribution in [0.5, 0.6) is 0 Å². The van der Waals surface area contributed by atoms with E-state index < -0.39 is 11.3 Å². The second-order valence-corrected chi connectivity index (χ2v) is 1.84. The Morgan fingerprint density at radius 3 is 2.38 bits per heavy atom. The van der Waals surface area contributed by atoms with Gasteiger partial charge in [0.2, 0.25) is 0 Å². The third-order valence-electron chi connectivity index (χ3n) is 0.651. The second-order valence-electron chi connectivity index (χ2n) is 1.32. The topological polar surface area (TPSA) is 57.5 Å². The Morgan fingerprint density at radius 1 is 1.75 bits per heavy atom. The van der Waals surface area contributed by atoms with Crippen LogP contribution in [0, 0.1) is 0 Å². The van der Waals surface area contributed by atoms with Crippen molar-refractivity contribution in [1.29, 1.82) is 0 Å². The Labute approximate surface area is 51.9 Å². The fraction of sp³-hybridized carbons (Fsp3) is 0.750. The SMILES string of the molecule is O=C(O)C(Cl)CCO. The molecular weight excluding hydrogens is 131 g/mol. The monoisotopic (exact) mass is 138 g/mol. The smallest absolute Gasteiger partial charge is 0.321 e. The standard InChI is InChI=1S/C4H7ClO3/c5-3(1-2-6)4(7)8/h3,6H,1-2H2,(H,7,8). The third-order valence-corrected chi connectivity index (χ3v) is 1.06. The van der Waals surface area contributed by atoms with E-state index in [9.17, 15) is 4.79 Å². The summed E-state index contributed by atoms with van der Waals surface area (Å²) in [4.78, 5) is 9.85. The average molecular weight is 139 g/mol. The predicted octanol–water partition coefficient (Wildman–Crippen LogP) is 0.0608. The van der Waals surface area contributed by atoms with Crippen LogP contribution in [0.3, 0.4) is 0 Å². The van der Waals surface area contributed by atoms with Crippen LogP contribution < -0.4 is 0 Å². The van der Waals surface area contributed by atoms with Crippen molar-refractivity contribution in [1.82, 2.24) is 0 Å². The highest BCUT2D eigenvalue weighted by Gasteiger charge is 2.10. The fourth-order valence-electron chi connectivity index (χ4n) is 0.237. The lowest BCUT2D eigenvalue weighted by molar-refractivity contribution is -0.136. The van der Waals surface area contributed by atoms with Gasteiger partial charge in [0.25, 0.3) is 0 Å². The first-order chi connectivity index (χ1) is 3.68. The number of aliphatic hydroxyl groups is 1. The molecule has 1 unspecified atom stereocenters. The van der Waals surface area contributed by atoms with E-state index in [-0.39, 0.29) is 13.0 Å². The number of hydrogen-bond donors (Lipinski definition) is 2. The predicted molar refractivity (Wildman–Crippen MR) is 29.0 cm³/mol. The maximum Gasteiger partial charge on any atom is 0.321 e. The number of carbonyl (C=O) groups is 1. The van der Waals surface area contributed by atoms with Gasteiger partial charge in [0.05, 0.1) is 0 Å². The number of halogens is 1. The molecule has 0 aliphatic rings. The molecule has 0 heterocycles. The highest BCUT2D eigenvalue weighted by molar-refractivity contribution is 6.29. The van der Waals surface area contributed by atoms with Crippen molar-refractivity contribution in [2.75, 3.05) is 6.61 Å². The van der Waals surface area contributed by atoms with Gasteiger partial charge >= 0.3 is 5.97 Å². The summed E-state index contributed by atoms with van der Waals surface area (Å²) in [6.45, 7) is -0.180. The van der Waals surface area contributed by atoms with Crippen LogP contribution in [-0.4, -0.2) is 28.2 Å². The van der Waals surface area contributed by atoms with Gasteiger partial charge in [-0.05, 0) is 6.42 Å². The van der Waals surface area contributed by atoms with E-state index in [0.717, 1.165) is 0 Å². The van der Waals surface area contributed by atoms with Crippen LogP contribution in [-0.2, 0) is 4.79 Å². The summed E-state index contributed by atoms with van der Waals surface area (Å²) in [7, 11) is 0. The van der Waals surface area contributed by atoms with Crippen LogP contribution in [0.4, 0.5) is 0 Å². The van der Waals surface area contributed by atoms with Gasteiger partial charge in [0.15, 0.2) is 0 Å². The lowest BCUT2D eigenvalue weighted by Crippen LogP contribution is -2.14. The van der Waals surface area contributed by atoms with Crippen LogP contribution in [0.15, 0.2) is 0 Å². The van der Waals surface area contributed by atoms with Gasteiger partial charge in [0, 0.05) is 6.61 Å². The molecule has 2 N–H and O–H groups in total. The maximum atomic E-state index is 9.85. The van der Waals surface area contributed by atoms with Gasteiger partial charge < -0.3 is 10.2 Å². The van der Waals surface area contributed by atoms with Crippen molar-refractivity contribution >= 4 is 17.6 Å². The van der Waals surface area contributed by atoms with Crippen molar-refractivity contribution in [2.24, 2.45) is 0 Å². The normalized spacial score (nSPS) is 13.2. The van der Waals surface area contributed by atoms with Crippen LogP contribution >= 0.6 is 11.6 Å². The Kier molecular flexibility index (Phi) is 3.56. The van der Waals surface area contributed by atoms with E-state index in [2.05, 4.69) is 0 Å². The lowest BCUT2D eigenvalue weighted by Gasteiger charge is -1.97. The molecule has 0 amide bonds. The number of aliphatic hydroxyl groups excluding tert-OH is 1. The number of hydrogen-bond acceptors (Lipinski definition) is 2. The van der Waals surface area contributed by atoms with Gasteiger partial charge in [-0.1, -0.05) is 0 Å². The molecule has 0 aromatic rings. The van der Waals surface area contributed by atoms with Gasteiger partial charge in [-0.25, -0.2) is 0 Å². The maximum absolute atomic E-state index is 9.85. The summed E-state index contributed by atoms with van der Waals surface area (Å²) in [6.07, 6.45) is 0.108. The average Bonchev–Trinajstić information content (AvgIpc) is 1.67. The molecule has 1 atom stereocenters. The summed E-state index contributed by atoms with van der Waals surface area (Å²) in [6, 6.07) is 0. The number of aliphatic carboxylic acids is 1. The molecule has 3 nitrogen and oxygen atoms in total. The minimum absolute atomic E-state index is 0.108. The Bertz CT molecular complexity index is 83.4. The van der Waals surface area contributed by atoms with Crippen molar-refractivity contribution in [3.05, 3.63) is 0 Å². The molecule has 0 aliphatic carbocycles. The zero-order valence-electron chi connectivity index (χ0n) is 4.17. The highest BCUT2D eigenvalue weighted by atomic mass is 35.5. The Balaban J connectivity index is 3.32. The Morgan fingerprint density at radius 2 is 2.25 bits per heavy atom. The van der Waals surface area contributed by atoms with E-state index >= 15 is 0 Å². The number of alkyl halides is 1. The summed E-state index contributed by atoms with van der Waals surface area (Å²) in [5.41, 5.74) is 0. The van der Waals surface area contributed by atoms with Crippen LogP contribution in [0.1, 0.15) is 6.42 Å². The molecule has 0 saturated carbocycles. The second kappa shape index (κ2) is 3.69. The molecule has 8 heavy (non-hydrogen) atoms.